The molecule has 0 aromatic heterocycles. The third-order valence-electron chi connectivity index (χ3n) is 2.35. The van der Waals surface area contributed by atoms with E-state index < -0.39 is 0 Å². The highest BCUT2D eigenvalue weighted by atomic mass is 16.5. The van der Waals surface area contributed by atoms with Crippen molar-refractivity contribution in [2.75, 3.05) is 12.4 Å². The van der Waals surface area contributed by atoms with E-state index in [0.29, 0.717) is 17.9 Å². The van der Waals surface area contributed by atoms with E-state index in [-0.39, 0.29) is 11.9 Å². The Morgan fingerprint density at radius 3 is 3.07 bits per heavy atom. The van der Waals surface area contributed by atoms with Crippen LogP contribution >= 0.6 is 0 Å². The van der Waals surface area contributed by atoms with Gasteiger partial charge in [0.05, 0.1) is 12.8 Å². The van der Waals surface area contributed by atoms with Gasteiger partial charge in [0.2, 0.25) is 5.91 Å². The van der Waals surface area contributed by atoms with E-state index in [1.807, 2.05) is 12.1 Å². The Balaban J connectivity index is 2.52. The molecule has 0 fully saturated rings. The maximum atomic E-state index is 11.3. The number of carbonyl (C=O) groups excluding carboxylic acids is 1. The first-order chi connectivity index (χ1) is 6.72. The van der Waals surface area contributed by atoms with Gasteiger partial charge in [-0.25, -0.2) is 0 Å². The smallest absolute Gasteiger partial charge is 0.226 e. The highest BCUT2D eigenvalue weighted by Gasteiger charge is 2.24. The lowest BCUT2D eigenvalue weighted by Gasteiger charge is -2.23. The number of anilines is 1. The second kappa shape index (κ2) is 3.31. The number of hydrogen-bond donors (Lipinski definition) is 2. The van der Waals surface area contributed by atoms with Crippen LogP contribution < -0.4 is 15.8 Å². The van der Waals surface area contributed by atoms with Gasteiger partial charge in [-0.15, -0.1) is 0 Å². The predicted octanol–water partition coefficient (Wildman–Crippen LogP) is 1.04. The Hall–Kier alpha value is -1.55. The minimum absolute atomic E-state index is 0.0606. The van der Waals surface area contributed by atoms with E-state index in [1.54, 1.807) is 13.2 Å². The fourth-order valence-corrected chi connectivity index (χ4v) is 1.66. The maximum absolute atomic E-state index is 11.3. The molecule has 1 unspecified atom stereocenters. The molecule has 0 saturated heterocycles. The van der Waals surface area contributed by atoms with Crippen LogP contribution in [0.5, 0.6) is 5.75 Å². The fourth-order valence-electron chi connectivity index (χ4n) is 1.66. The summed E-state index contributed by atoms with van der Waals surface area (Å²) in [6.07, 6.45) is 0.333. The van der Waals surface area contributed by atoms with Gasteiger partial charge in [0.25, 0.3) is 0 Å². The Morgan fingerprint density at radius 1 is 1.57 bits per heavy atom. The largest absolute Gasteiger partial charge is 0.495 e. The van der Waals surface area contributed by atoms with E-state index in [0.717, 1.165) is 5.56 Å². The molecule has 1 atom stereocenters. The quantitative estimate of drug-likeness (QED) is 0.698. The zero-order valence-electron chi connectivity index (χ0n) is 7.91. The molecule has 0 aliphatic carbocycles. The molecule has 4 heteroatoms. The van der Waals surface area contributed by atoms with Crippen molar-refractivity contribution in [3.8, 4) is 5.75 Å². The van der Waals surface area contributed by atoms with Crippen LogP contribution in [0.25, 0.3) is 0 Å². The van der Waals surface area contributed by atoms with Gasteiger partial charge in [-0.2, -0.15) is 0 Å². The number of ether oxygens (including phenoxy) is 1. The SMILES string of the molecule is COc1cccc2c1NC(=O)CC2N. The summed E-state index contributed by atoms with van der Waals surface area (Å²) in [6.45, 7) is 0. The monoisotopic (exact) mass is 192 g/mol. The second-order valence-electron chi connectivity index (χ2n) is 3.28. The standard InChI is InChI=1S/C10H12N2O2/c1-14-8-4-2-3-6-7(11)5-9(13)12-10(6)8/h2-4,7H,5,11H2,1H3,(H,12,13). The van der Waals surface area contributed by atoms with Crippen molar-refractivity contribution < 1.29 is 9.53 Å². The van der Waals surface area contributed by atoms with Crippen molar-refractivity contribution in [2.45, 2.75) is 12.5 Å². The lowest BCUT2D eigenvalue weighted by atomic mass is 9.98. The number of nitrogens with two attached hydrogens (primary N) is 1. The molecule has 3 N–H and O–H groups in total. The van der Waals surface area contributed by atoms with Gasteiger partial charge in [0.15, 0.2) is 0 Å². The van der Waals surface area contributed by atoms with E-state index in [1.165, 1.54) is 0 Å². The van der Waals surface area contributed by atoms with E-state index in [9.17, 15) is 4.79 Å². The van der Waals surface area contributed by atoms with Gasteiger partial charge in [-0.1, -0.05) is 12.1 Å². The summed E-state index contributed by atoms with van der Waals surface area (Å²) < 4.78 is 5.14. The molecule has 4 nitrogen and oxygen atoms in total. The Kier molecular flexibility index (Phi) is 2.13. The fraction of sp³-hybridized carbons (Fsp3) is 0.300. The number of carbonyl (C=O) groups is 1. The summed E-state index contributed by atoms with van der Waals surface area (Å²) in [4.78, 5) is 11.3. The number of nitrogens with one attached hydrogen (secondary N) is 1. The highest BCUT2D eigenvalue weighted by Crippen LogP contribution is 2.35. The zero-order valence-corrected chi connectivity index (χ0v) is 7.91. The van der Waals surface area contributed by atoms with Gasteiger partial charge in [0, 0.05) is 12.5 Å². The molecule has 0 saturated carbocycles. The molecular formula is C10H12N2O2. The molecule has 1 aliphatic heterocycles. The van der Waals surface area contributed by atoms with Gasteiger partial charge >= 0.3 is 0 Å². The molecule has 0 bridgehead atoms. The highest BCUT2D eigenvalue weighted by molar-refractivity contribution is 5.96. The van der Waals surface area contributed by atoms with Gasteiger partial charge in [0.1, 0.15) is 5.75 Å². The minimum Gasteiger partial charge on any atom is -0.495 e. The summed E-state index contributed by atoms with van der Waals surface area (Å²) in [5, 5.41) is 2.77. The van der Waals surface area contributed by atoms with Crippen molar-refractivity contribution >= 4 is 11.6 Å². The van der Waals surface area contributed by atoms with Crippen molar-refractivity contribution in [3.05, 3.63) is 23.8 Å². The number of amides is 1. The summed E-state index contributed by atoms with van der Waals surface area (Å²) >= 11 is 0. The molecule has 14 heavy (non-hydrogen) atoms. The zero-order chi connectivity index (χ0) is 10.1. The third-order valence-corrected chi connectivity index (χ3v) is 2.35. The summed E-state index contributed by atoms with van der Waals surface area (Å²) in [7, 11) is 1.57. The topological polar surface area (TPSA) is 64.3 Å². The first kappa shape index (κ1) is 9.02. The molecular weight excluding hydrogens is 180 g/mol. The second-order valence-corrected chi connectivity index (χ2v) is 3.28. The van der Waals surface area contributed by atoms with Gasteiger partial charge < -0.3 is 15.8 Å². The third kappa shape index (κ3) is 1.33. The molecule has 1 aromatic rings. The van der Waals surface area contributed by atoms with E-state index in [2.05, 4.69) is 5.32 Å². The molecule has 74 valence electrons. The number of rotatable bonds is 1. The van der Waals surface area contributed by atoms with Crippen LogP contribution in [0.1, 0.15) is 18.0 Å². The number of methoxy groups -OCH3 is 1. The van der Waals surface area contributed by atoms with Crippen LogP contribution in [0, 0.1) is 0 Å². The van der Waals surface area contributed by atoms with Gasteiger partial charge in [-0.3, -0.25) is 4.79 Å². The van der Waals surface area contributed by atoms with E-state index in [4.69, 9.17) is 10.5 Å². The predicted molar refractivity (Wildman–Crippen MR) is 53.2 cm³/mol. The number of benzene rings is 1. The molecule has 0 radical (unpaired) electrons. The van der Waals surface area contributed by atoms with Crippen LogP contribution in [-0.2, 0) is 4.79 Å². The lowest BCUT2D eigenvalue weighted by Crippen LogP contribution is -2.27. The maximum Gasteiger partial charge on any atom is 0.226 e. The number of hydrogen-bond acceptors (Lipinski definition) is 3. The normalized spacial score (nSPS) is 19.9. The van der Waals surface area contributed by atoms with Gasteiger partial charge in [-0.05, 0) is 11.6 Å². The Bertz CT molecular complexity index is 376. The minimum atomic E-state index is -0.228. The van der Waals surface area contributed by atoms with Crippen LogP contribution in [0.3, 0.4) is 0 Å². The first-order valence-corrected chi connectivity index (χ1v) is 4.44. The van der Waals surface area contributed by atoms with Crippen molar-refractivity contribution in [1.29, 1.82) is 0 Å². The average molecular weight is 192 g/mol. The molecule has 1 aromatic carbocycles. The molecule has 1 heterocycles. The summed E-state index contributed by atoms with van der Waals surface area (Å²) in [6, 6.07) is 5.35. The number of fused-ring (bicyclic) bond motifs is 1. The summed E-state index contributed by atoms with van der Waals surface area (Å²) in [5.74, 6) is 0.598. The average Bonchev–Trinajstić information content (AvgIpc) is 2.17. The van der Waals surface area contributed by atoms with Crippen LogP contribution in [0.15, 0.2) is 18.2 Å². The Labute approximate surface area is 82.1 Å². The molecule has 2 rings (SSSR count). The molecule has 1 aliphatic rings. The van der Waals surface area contributed by atoms with Crippen LogP contribution in [0.2, 0.25) is 0 Å². The van der Waals surface area contributed by atoms with Crippen LogP contribution in [0.4, 0.5) is 5.69 Å². The lowest BCUT2D eigenvalue weighted by molar-refractivity contribution is -0.116. The number of para-hydroxylation sites is 1. The molecule has 1 amide bonds. The van der Waals surface area contributed by atoms with E-state index >= 15 is 0 Å². The Morgan fingerprint density at radius 2 is 2.36 bits per heavy atom. The van der Waals surface area contributed by atoms with Crippen molar-refractivity contribution in [2.24, 2.45) is 5.73 Å². The van der Waals surface area contributed by atoms with Crippen LogP contribution in [-0.4, -0.2) is 13.0 Å². The van der Waals surface area contributed by atoms with Crippen molar-refractivity contribution in [3.63, 3.8) is 0 Å². The summed E-state index contributed by atoms with van der Waals surface area (Å²) in [5.41, 5.74) is 7.49. The molecule has 0 spiro atoms. The van der Waals surface area contributed by atoms with Crippen molar-refractivity contribution in [1.82, 2.24) is 0 Å². The first-order valence-electron chi connectivity index (χ1n) is 4.44.